The number of hydrogen-bond donors (Lipinski definition) is 2. The lowest BCUT2D eigenvalue weighted by molar-refractivity contribution is 0.102. The summed E-state index contributed by atoms with van der Waals surface area (Å²) < 4.78 is 5.94. The molecule has 0 spiro atoms. The predicted octanol–water partition coefficient (Wildman–Crippen LogP) is 3.97. The number of nitrogens with zero attached hydrogens (tertiary/aromatic N) is 3. The van der Waals surface area contributed by atoms with Gasteiger partial charge in [0.25, 0.3) is 5.91 Å². The van der Waals surface area contributed by atoms with Crippen LogP contribution in [0.15, 0.2) is 48.1 Å². The van der Waals surface area contributed by atoms with E-state index in [4.69, 9.17) is 4.74 Å². The lowest BCUT2D eigenvalue weighted by Crippen LogP contribution is -2.17. The lowest BCUT2D eigenvalue weighted by atomic mass is 9.86. The number of anilines is 2. The van der Waals surface area contributed by atoms with Crippen LogP contribution < -0.4 is 15.4 Å². The molecule has 3 rings (SSSR count). The number of rotatable bonds is 7. The number of benzene rings is 1. The van der Waals surface area contributed by atoms with Crippen LogP contribution in [0.2, 0.25) is 0 Å². The van der Waals surface area contributed by atoms with Crippen molar-refractivity contribution in [3.8, 4) is 5.75 Å². The highest BCUT2D eigenvalue weighted by molar-refractivity contribution is 7.13. The molecule has 8 heteroatoms. The van der Waals surface area contributed by atoms with Crippen molar-refractivity contribution in [3.63, 3.8) is 0 Å². The van der Waals surface area contributed by atoms with Gasteiger partial charge in [0.05, 0.1) is 12.1 Å². The average Bonchev–Trinajstić information content (AvgIpc) is 3.18. The quantitative estimate of drug-likeness (QED) is 0.586. The molecule has 0 saturated heterocycles. The van der Waals surface area contributed by atoms with Crippen LogP contribution >= 0.6 is 11.3 Å². The van der Waals surface area contributed by atoms with E-state index in [0.717, 1.165) is 5.75 Å². The van der Waals surface area contributed by atoms with E-state index in [9.17, 15) is 4.79 Å². The van der Waals surface area contributed by atoms with Crippen molar-refractivity contribution >= 4 is 28.2 Å². The number of para-hydroxylation sites is 1. The van der Waals surface area contributed by atoms with Crippen LogP contribution in [0.4, 0.5) is 10.9 Å². The third kappa shape index (κ3) is 5.26. The number of pyridine rings is 1. The summed E-state index contributed by atoms with van der Waals surface area (Å²) >= 11 is 1.26. The smallest absolute Gasteiger partial charge is 0.259 e. The van der Waals surface area contributed by atoms with Crippen molar-refractivity contribution in [3.05, 3.63) is 59.2 Å². The summed E-state index contributed by atoms with van der Waals surface area (Å²) in [4.78, 5) is 16.4. The zero-order valence-electron chi connectivity index (χ0n) is 16.1. The first kappa shape index (κ1) is 19.8. The van der Waals surface area contributed by atoms with Gasteiger partial charge in [0, 0.05) is 6.20 Å². The largest absolute Gasteiger partial charge is 0.491 e. The fraction of sp³-hybridized carbons (Fsp3) is 0.300. The molecule has 28 heavy (non-hydrogen) atoms. The summed E-state index contributed by atoms with van der Waals surface area (Å²) in [6, 6.07) is 11.6. The van der Waals surface area contributed by atoms with Gasteiger partial charge < -0.3 is 10.1 Å². The monoisotopic (exact) mass is 397 g/mol. The molecule has 7 nitrogen and oxygen atoms in total. The summed E-state index contributed by atoms with van der Waals surface area (Å²) in [6.07, 6.45) is 1.52. The summed E-state index contributed by atoms with van der Waals surface area (Å²) in [7, 11) is 0. The Labute approximate surface area is 168 Å². The van der Waals surface area contributed by atoms with E-state index < -0.39 is 0 Å². The van der Waals surface area contributed by atoms with Gasteiger partial charge in [0.1, 0.15) is 23.7 Å². The van der Waals surface area contributed by atoms with Gasteiger partial charge in [-0.05, 0) is 29.2 Å². The van der Waals surface area contributed by atoms with Crippen molar-refractivity contribution in [2.45, 2.75) is 26.2 Å². The Balaban J connectivity index is 1.49. The molecule has 0 bridgehead atoms. The normalized spacial score (nSPS) is 11.1. The molecule has 0 aliphatic carbocycles. The molecule has 0 saturated carbocycles. The lowest BCUT2D eigenvalue weighted by Gasteiger charge is -2.22. The van der Waals surface area contributed by atoms with Crippen LogP contribution in [-0.4, -0.2) is 34.2 Å². The van der Waals surface area contributed by atoms with Gasteiger partial charge in [-0.3, -0.25) is 10.1 Å². The summed E-state index contributed by atoms with van der Waals surface area (Å²) in [5.41, 5.74) is 3.22. The van der Waals surface area contributed by atoms with E-state index in [2.05, 4.69) is 52.7 Å². The molecular formula is C20H23N5O2S. The maximum atomic E-state index is 12.1. The van der Waals surface area contributed by atoms with E-state index in [1.807, 2.05) is 18.2 Å². The molecule has 1 aromatic carbocycles. The molecule has 0 atom stereocenters. The van der Waals surface area contributed by atoms with Gasteiger partial charge in [0.15, 0.2) is 0 Å². The second-order valence-electron chi connectivity index (χ2n) is 7.15. The average molecular weight is 398 g/mol. The number of nitrogens with one attached hydrogen (secondary N) is 2. The van der Waals surface area contributed by atoms with E-state index >= 15 is 0 Å². The zero-order valence-corrected chi connectivity index (χ0v) is 16.9. The van der Waals surface area contributed by atoms with Crippen molar-refractivity contribution in [2.75, 3.05) is 23.8 Å². The maximum Gasteiger partial charge on any atom is 0.259 e. The number of amides is 1. The number of ether oxygens (including phenoxy) is 1. The zero-order chi connectivity index (χ0) is 20.0. The minimum absolute atomic E-state index is 0.0245. The Hall–Kier alpha value is -3.00. The maximum absolute atomic E-state index is 12.1. The Morgan fingerprint density at radius 3 is 2.68 bits per heavy atom. The molecule has 0 aliphatic rings. The van der Waals surface area contributed by atoms with Gasteiger partial charge in [-0.1, -0.05) is 50.3 Å². The van der Waals surface area contributed by atoms with Crippen LogP contribution in [-0.2, 0) is 5.41 Å². The van der Waals surface area contributed by atoms with Crippen molar-refractivity contribution < 1.29 is 9.53 Å². The molecule has 2 heterocycles. The Kier molecular flexibility index (Phi) is 6.20. The first-order valence-electron chi connectivity index (χ1n) is 8.93. The van der Waals surface area contributed by atoms with Crippen LogP contribution in [0, 0.1) is 0 Å². The highest BCUT2D eigenvalue weighted by atomic mass is 32.1. The highest BCUT2D eigenvalue weighted by Gasteiger charge is 2.18. The Morgan fingerprint density at radius 2 is 2.00 bits per heavy atom. The number of aromatic nitrogens is 3. The van der Waals surface area contributed by atoms with Gasteiger partial charge in [0.2, 0.25) is 5.13 Å². The molecule has 0 fully saturated rings. The fourth-order valence-electron chi connectivity index (χ4n) is 2.58. The van der Waals surface area contributed by atoms with Crippen molar-refractivity contribution in [1.29, 1.82) is 0 Å². The highest BCUT2D eigenvalue weighted by Crippen LogP contribution is 2.30. The SMILES string of the molecule is CC(C)(C)c1ccccc1OCCNc1ccc(C(=O)Nc2nncs2)cn1. The Bertz CT molecular complexity index is 905. The predicted molar refractivity (Wildman–Crippen MR) is 111 cm³/mol. The third-order valence-electron chi connectivity index (χ3n) is 3.97. The van der Waals surface area contributed by atoms with Gasteiger partial charge >= 0.3 is 0 Å². The summed E-state index contributed by atoms with van der Waals surface area (Å²) in [5.74, 6) is 1.31. The van der Waals surface area contributed by atoms with Gasteiger partial charge in [-0.25, -0.2) is 4.98 Å². The van der Waals surface area contributed by atoms with Crippen LogP contribution in [0.5, 0.6) is 5.75 Å². The number of carbonyl (C=O) groups is 1. The number of hydrogen-bond acceptors (Lipinski definition) is 7. The second-order valence-corrected chi connectivity index (χ2v) is 7.98. The molecule has 3 aromatic rings. The molecule has 146 valence electrons. The third-order valence-corrected chi connectivity index (χ3v) is 4.57. The minimum atomic E-state index is -0.266. The molecule has 2 aromatic heterocycles. The summed E-state index contributed by atoms with van der Waals surface area (Å²) in [5, 5.41) is 13.8. The number of carbonyl (C=O) groups excluding carboxylic acids is 1. The Morgan fingerprint density at radius 1 is 1.18 bits per heavy atom. The molecule has 2 N–H and O–H groups in total. The van der Waals surface area contributed by atoms with E-state index in [1.54, 1.807) is 17.6 Å². The van der Waals surface area contributed by atoms with Crippen molar-refractivity contribution in [2.24, 2.45) is 0 Å². The van der Waals surface area contributed by atoms with Crippen LogP contribution in [0.25, 0.3) is 0 Å². The summed E-state index contributed by atoms with van der Waals surface area (Å²) in [6.45, 7) is 7.61. The van der Waals surface area contributed by atoms with Gasteiger partial charge in [-0.15, -0.1) is 10.2 Å². The molecule has 0 aliphatic heterocycles. The standard InChI is InChI=1S/C20H23N5O2S/c1-20(2,3)15-6-4-5-7-16(15)27-11-10-21-17-9-8-14(12-22-17)18(26)24-19-25-23-13-28-19/h4-9,12-13H,10-11H2,1-3H3,(H,21,22)(H,24,25,26). The van der Waals surface area contributed by atoms with E-state index in [-0.39, 0.29) is 11.3 Å². The van der Waals surface area contributed by atoms with E-state index in [1.165, 1.54) is 23.1 Å². The molecular weight excluding hydrogens is 374 g/mol. The van der Waals surface area contributed by atoms with Gasteiger partial charge in [-0.2, -0.15) is 0 Å². The minimum Gasteiger partial charge on any atom is -0.491 e. The first-order chi connectivity index (χ1) is 13.4. The molecule has 0 radical (unpaired) electrons. The topological polar surface area (TPSA) is 89.0 Å². The van der Waals surface area contributed by atoms with Crippen LogP contribution in [0.3, 0.4) is 0 Å². The second kappa shape index (κ2) is 8.79. The van der Waals surface area contributed by atoms with Crippen LogP contribution in [0.1, 0.15) is 36.7 Å². The fourth-order valence-corrected chi connectivity index (χ4v) is 3.02. The van der Waals surface area contributed by atoms with E-state index in [0.29, 0.717) is 29.7 Å². The first-order valence-corrected chi connectivity index (χ1v) is 9.81. The van der Waals surface area contributed by atoms with Crippen molar-refractivity contribution in [1.82, 2.24) is 15.2 Å². The molecule has 1 amide bonds. The molecule has 0 unspecified atom stereocenters.